The summed E-state index contributed by atoms with van der Waals surface area (Å²) in [4.78, 5) is 12.0. The number of benzene rings is 2. The predicted octanol–water partition coefficient (Wildman–Crippen LogP) is 4.15. The number of carbonyl (C=O) groups excluding carboxylic acids is 1. The molecule has 0 spiro atoms. The molecule has 2 nitrogen and oxygen atoms in total. The minimum atomic E-state index is -0.748. The molecule has 0 atom stereocenters. The third kappa shape index (κ3) is 3.27. The van der Waals surface area contributed by atoms with Crippen LogP contribution in [0.3, 0.4) is 0 Å². The van der Waals surface area contributed by atoms with Gasteiger partial charge in [-0.25, -0.2) is 8.78 Å². The van der Waals surface area contributed by atoms with Crippen molar-refractivity contribution in [2.75, 3.05) is 6.61 Å². The van der Waals surface area contributed by atoms with E-state index in [-0.39, 0.29) is 12.2 Å². The molecule has 0 saturated carbocycles. The molecule has 2 rings (SSSR count). The number of Topliss-reactive ketones (excluding diaryl/α,β-unsaturated/α-hetero) is 1. The lowest BCUT2D eigenvalue weighted by Crippen LogP contribution is -2.14. The van der Waals surface area contributed by atoms with Crippen molar-refractivity contribution in [3.63, 3.8) is 0 Å². The average Bonchev–Trinajstić information content (AvgIpc) is 2.45. The van der Waals surface area contributed by atoms with Crippen molar-refractivity contribution in [3.05, 3.63) is 64.2 Å². The monoisotopic (exact) mass is 290 g/mol. The van der Waals surface area contributed by atoms with Gasteiger partial charge in [0.2, 0.25) is 5.78 Å². The molecule has 0 radical (unpaired) electrons. The van der Waals surface area contributed by atoms with Crippen LogP contribution in [0.25, 0.3) is 0 Å². The molecule has 0 fully saturated rings. The maximum Gasteiger partial charge on any atom is 0.203 e. The highest BCUT2D eigenvalue weighted by Crippen LogP contribution is 2.26. The molecule has 0 aliphatic rings. The molecule has 0 amide bonds. The first-order valence-electron chi connectivity index (χ1n) is 6.58. The summed E-state index contributed by atoms with van der Waals surface area (Å²) in [6, 6.07) is 6.65. The van der Waals surface area contributed by atoms with E-state index >= 15 is 0 Å². The molecule has 0 N–H and O–H groups in total. The van der Waals surface area contributed by atoms with Crippen molar-refractivity contribution in [1.82, 2.24) is 0 Å². The van der Waals surface area contributed by atoms with E-state index in [0.29, 0.717) is 5.75 Å². The lowest BCUT2D eigenvalue weighted by Gasteiger charge is -2.13. The first kappa shape index (κ1) is 15.2. The fraction of sp³-hybridized carbons (Fsp3) is 0.235. The van der Waals surface area contributed by atoms with Crippen LogP contribution in [-0.4, -0.2) is 12.4 Å². The quantitative estimate of drug-likeness (QED) is 0.791. The Kier molecular flexibility index (Phi) is 4.36. The van der Waals surface area contributed by atoms with Gasteiger partial charge in [0.25, 0.3) is 0 Å². The Labute approximate surface area is 122 Å². The molecule has 0 saturated heterocycles. The van der Waals surface area contributed by atoms with Crippen LogP contribution < -0.4 is 4.74 Å². The van der Waals surface area contributed by atoms with Crippen LogP contribution in [0.5, 0.6) is 5.75 Å². The van der Waals surface area contributed by atoms with Crippen molar-refractivity contribution in [2.24, 2.45) is 0 Å². The van der Waals surface area contributed by atoms with Crippen LogP contribution in [-0.2, 0) is 0 Å². The van der Waals surface area contributed by atoms with E-state index in [9.17, 15) is 13.6 Å². The Balaban J connectivity index is 2.19. The van der Waals surface area contributed by atoms with Gasteiger partial charge in [-0.15, -0.1) is 0 Å². The molecular weight excluding hydrogens is 274 g/mol. The number of rotatable bonds is 4. The smallest absolute Gasteiger partial charge is 0.203 e. The molecule has 0 heterocycles. The topological polar surface area (TPSA) is 26.3 Å². The van der Waals surface area contributed by atoms with Crippen LogP contribution in [0.15, 0.2) is 30.3 Å². The van der Waals surface area contributed by atoms with Crippen molar-refractivity contribution in [3.8, 4) is 5.75 Å². The van der Waals surface area contributed by atoms with E-state index in [1.807, 2.05) is 32.9 Å². The van der Waals surface area contributed by atoms with Gasteiger partial charge < -0.3 is 4.74 Å². The van der Waals surface area contributed by atoms with Crippen molar-refractivity contribution in [2.45, 2.75) is 20.8 Å². The first-order valence-corrected chi connectivity index (χ1v) is 6.58. The molecule has 0 aliphatic carbocycles. The van der Waals surface area contributed by atoms with Gasteiger partial charge >= 0.3 is 0 Å². The van der Waals surface area contributed by atoms with Crippen molar-refractivity contribution in [1.29, 1.82) is 0 Å². The average molecular weight is 290 g/mol. The fourth-order valence-corrected chi connectivity index (χ4v) is 2.07. The van der Waals surface area contributed by atoms with E-state index in [1.165, 1.54) is 0 Å². The summed E-state index contributed by atoms with van der Waals surface area (Å²) in [7, 11) is 0. The summed E-state index contributed by atoms with van der Waals surface area (Å²) in [5.41, 5.74) is 2.58. The largest absolute Gasteiger partial charge is 0.485 e. The number of ether oxygens (including phenoxy) is 1. The van der Waals surface area contributed by atoms with Gasteiger partial charge in [0.05, 0.1) is 5.56 Å². The van der Waals surface area contributed by atoms with Crippen molar-refractivity contribution >= 4 is 5.78 Å². The van der Waals surface area contributed by atoms with Gasteiger partial charge in [-0.1, -0.05) is 12.1 Å². The van der Waals surface area contributed by atoms with Crippen molar-refractivity contribution < 1.29 is 18.3 Å². The highest BCUT2D eigenvalue weighted by Gasteiger charge is 2.15. The molecule has 0 aromatic heterocycles. The Morgan fingerprint density at radius 1 is 1.05 bits per heavy atom. The van der Waals surface area contributed by atoms with E-state index in [0.717, 1.165) is 34.9 Å². The van der Waals surface area contributed by atoms with Crippen LogP contribution in [0.4, 0.5) is 8.78 Å². The number of ketones is 1. The number of hydrogen-bond donors (Lipinski definition) is 0. The Hall–Kier alpha value is -2.23. The number of hydrogen-bond acceptors (Lipinski definition) is 2. The van der Waals surface area contributed by atoms with Gasteiger partial charge in [-0.2, -0.15) is 0 Å². The molecule has 0 bridgehead atoms. The second-order valence-electron chi connectivity index (χ2n) is 4.99. The number of halogens is 2. The lowest BCUT2D eigenvalue weighted by atomic mass is 10.1. The van der Waals surface area contributed by atoms with Gasteiger partial charge in [0, 0.05) is 0 Å². The molecule has 4 heteroatoms. The maximum atomic E-state index is 13.5. The second-order valence-corrected chi connectivity index (χ2v) is 4.99. The molecule has 2 aromatic carbocycles. The zero-order valence-electron chi connectivity index (χ0n) is 12.2. The van der Waals surface area contributed by atoms with Gasteiger partial charge in [0.15, 0.2) is 6.61 Å². The van der Waals surface area contributed by atoms with Crippen LogP contribution in [0, 0.1) is 32.4 Å². The SMILES string of the molecule is Cc1ccc(C)c(OCC(=O)c2cc(F)ccc2F)c1C. The van der Waals surface area contributed by atoms with Gasteiger partial charge in [0.1, 0.15) is 17.4 Å². The highest BCUT2D eigenvalue weighted by molar-refractivity contribution is 5.97. The van der Waals surface area contributed by atoms with E-state index < -0.39 is 17.4 Å². The normalized spacial score (nSPS) is 10.5. The number of carbonyl (C=O) groups is 1. The maximum absolute atomic E-state index is 13.5. The molecular formula is C17H16F2O2. The Morgan fingerprint density at radius 2 is 1.71 bits per heavy atom. The van der Waals surface area contributed by atoms with Crippen LogP contribution in [0.1, 0.15) is 27.0 Å². The molecule has 2 aromatic rings. The molecule has 0 aliphatic heterocycles. The molecule has 21 heavy (non-hydrogen) atoms. The minimum Gasteiger partial charge on any atom is -0.485 e. The first-order chi connectivity index (χ1) is 9.90. The second kappa shape index (κ2) is 6.04. The summed E-state index contributed by atoms with van der Waals surface area (Å²) >= 11 is 0. The number of aryl methyl sites for hydroxylation is 2. The van der Waals surface area contributed by atoms with E-state index in [2.05, 4.69) is 0 Å². The lowest BCUT2D eigenvalue weighted by molar-refractivity contribution is 0.0916. The fourth-order valence-electron chi connectivity index (χ4n) is 2.07. The summed E-state index contributed by atoms with van der Waals surface area (Å²) < 4.78 is 32.1. The summed E-state index contributed by atoms with van der Waals surface area (Å²) in [6.45, 7) is 5.38. The zero-order chi connectivity index (χ0) is 15.6. The van der Waals surface area contributed by atoms with Crippen LogP contribution in [0.2, 0.25) is 0 Å². The van der Waals surface area contributed by atoms with E-state index in [1.54, 1.807) is 0 Å². The van der Waals surface area contributed by atoms with Crippen LogP contribution >= 0.6 is 0 Å². The predicted molar refractivity (Wildman–Crippen MR) is 76.8 cm³/mol. The Morgan fingerprint density at radius 3 is 2.43 bits per heavy atom. The zero-order valence-corrected chi connectivity index (χ0v) is 12.2. The van der Waals surface area contributed by atoms with Gasteiger partial charge in [-0.3, -0.25) is 4.79 Å². The summed E-state index contributed by atoms with van der Waals surface area (Å²) in [5.74, 6) is -1.38. The minimum absolute atomic E-state index is 0.294. The van der Waals surface area contributed by atoms with Gasteiger partial charge in [-0.05, 0) is 55.7 Å². The van der Waals surface area contributed by atoms with E-state index in [4.69, 9.17) is 4.74 Å². The molecule has 0 unspecified atom stereocenters. The third-order valence-electron chi connectivity index (χ3n) is 3.45. The Bertz CT molecular complexity index is 693. The third-order valence-corrected chi connectivity index (χ3v) is 3.45. The summed E-state index contributed by atoms with van der Waals surface area (Å²) in [5, 5.41) is 0. The standard InChI is InChI=1S/C17H16F2O2/c1-10-4-5-11(2)17(12(10)3)21-9-16(20)14-8-13(18)6-7-15(14)19/h4-8H,9H2,1-3H3. The summed E-state index contributed by atoms with van der Waals surface area (Å²) in [6.07, 6.45) is 0. The molecule has 110 valence electrons. The highest BCUT2D eigenvalue weighted by atomic mass is 19.1.